The number of hydrogen-bond acceptors (Lipinski definition) is 6. The summed E-state index contributed by atoms with van der Waals surface area (Å²) >= 11 is 4.94. The lowest BCUT2D eigenvalue weighted by molar-refractivity contribution is -0.139. The van der Waals surface area contributed by atoms with Crippen LogP contribution < -0.4 is 0 Å². The van der Waals surface area contributed by atoms with Gasteiger partial charge in [-0.2, -0.15) is 0 Å². The Morgan fingerprint density at radius 3 is 3.04 bits per heavy atom. The molecule has 140 valence electrons. The van der Waals surface area contributed by atoms with Gasteiger partial charge in [0.2, 0.25) is 0 Å². The fraction of sp³-hybridized carbons (Fsp3) is 0.316. The summed E-state index contributed by atoms with van der Waals surface area (Å²) in [5.74, 6) is 0.0349. The number of carbonyl (C=O) groups is 1. The molecule has 1 saturated heterocycles. The molecule has 1 unspecified atom stereocenters. The van der Waals surface area contributed by atoms with Gasteiger partial charge in [-0.15, -0.1) is 11.3 Å². The Balaban J connectivity index is 1.89. The van der Waals surface area contributed by atoms with Crippen LogP contribution in [0.4, 0.5) is 4.39 Å². The van der Waals surface area contributed by atoms with Gasteiger partial charge in [0.05, 0.1) is 12.2 Å². The third-order valence-corrected chi connectivity index (χ3v) is 6.04. The number of carbonyl (C=O) groups excluding carboxylic acids is 1. The summed E-state index contributed by atoms with van der Waals surface area (Å²) in [6.07, 6.45) is 3.44. The molecule has 1 aromatic heterocycles. The fourth-order valence-electron chi connectivity index (χ4n) is 3.49. The Morgan fingerprint density at radius 1 is 1.48 bits per heavy atom. The van der Waals surface area contributed by atoms with Crippen LogP contribution in [-0.2, 0) is 9.53 Å². The zero-order chi connectivity index (χ0) is 19.0. The number of thiazole rings is 1. The normalized spacial score (nSPS) is 19.1. The topological polar surface area (TPSA) is 54.8 Å². The second-order valence-electron chi connectivity index (χ2n) is 6.19. The number of nitrogens with zero attached hydrogens (tertiary/aromatic N) is 3. The van der Waals surface area contributed by atoms with Crippen molar-refractivity contribution in [1.29, 1.82) is 0 Å². The quantitative estimate of drug-likeness (QED) is 0.646. The molecule has 3 heterocycles. The van der Waals surface area contributed by atoms with E-state index in [1.807, 2.05) is 5.38 Å². The lowest BCUT2D eigenvalue weighted by Gasteiger charge is -2.31. The highest BCUT2D eigenvalue weighted by Crippen LogP contribution is 2.42. The molecule has 1 atom stereocenters. The van der Waals surface area contributed by atoms with Gasteiger partial charge >= 0.3 is 5.97 Å². The number of halogens is 2. The highest BCUT2D eigenvalue weighted by Gasteiger charge is 2.39. The van der Waals surface area contributed by atoms with Gasteiger partial charge in [0.15, 0.2) is 10.8 Å². The summed E-state index contributed by atoms with van der Waals surface area (Å²) < 4.78 is 19.5. The number of benzene rings is 1. The molecule has 2 aliphatic rings. The molecule has 0 radical (unpaired) electrons. The highest BCUT2D eigenvalue weighted by atomic mass is 79.9. The standard InChI is InChI=1S/C19H17BrFN3O2S/c1-2-26-19(25)15-14-4-3-8-24(14)17(18-22-7-9-27-18)23-16(15)12-6-5-11(21)10-13(12)20/h5-7,9-10,16H,2-4,8H2,1H3. The zero-order valence-electron chi connectivity index (χ0n) is 14.6. The molecule has 2 aromatic rings. The Bertz CT molecular complexity index is 942. The van der Waals surface area contributed by atoms with E-state index in [4.69, 9.17) is 9.73 Å². The molecule has 1 aromatic carbocycles. The minimum Gasteiger partial charge on any atom is -0.463 e. The maximum Gasteiger partial charge on any atom is 0.338 e. The lowest BCUT2D eigenvalue weighted by atomic mass is 9.94. The maximum atomic E-state index is 13.6. The molecule has 2 aliphatic heterocycles. The minimum absolute atomic E-state index is 0.288. The Labute approximate surface area is 168 Å². The van der Waals surface area contributed by atoms with Gasteiger partial charge in [0.25, 0.3) is 0 Å². The molecule has 0 amide bonds. The van der Waals surface area contributed by atoms with Crippen molar-refractivity contribution in [2.75, 3.05) is 13.2 Å². The van der Waals surface area contributed by atoms with E-state index in [-0.39, 0.29) is 18.4 Å². The van der Waals surface area contributed by atoms with Crippen molar-refractivity contribution in [2.24, 2.45) is 4.99 Å². The second-order valence-corrected chi connectivity index (χ2v) is 7.94. The van der Waals surface area contributed by atoms with Crippen LogP contribution in [0.25, 0.3) is 0 Å². The number of aromatic nitrogens is 1. The van der Waals surface area contributed by atoms with Crippen molar-refractivity contribution in [3.05, 3.63) is 61.9 Å². The van der Waals surface area contributed by atoms with Gasteiger partial charge < -0.3 is 9.64 Å². The van der Waals surface area contributed by atoms with Gasteiger partial charge in [-0.05, 0) is 37.5 Å². The third kappa shape index (κ3) is 3.32. The van der Waals surface area contributed by atoms with Gasteiger partial charge in [-0.1, -0.05) is 22.0 Å². The van der Waals surface area contributed by atoms with E-state index >= 15 is 0 Å². The van der Waals surface area contributed by atoms with E-state index in [9.17, 15) is 9.18 Å². The molecule has 1 fully saturated rings. The van der Waals surface area contributed by atoms with E-state index in [0.29, 0.717) is 10.0 Å². The van der Waals surface area contributed by atoms with Crippen molar-refractivity contribution in [1.82, 2.24) is 9.88 Å². The van der Waals surface area contributed by atoms with Crippen LogP contribution in [0.3, 0.4) is 0 Å². The molecule has 0 aliphatic carbocycles. The maximum absolute atomic E-state index is 13.6. The van der Waals surface area contributed by atoms with Crippen LogP contribution in [0, 0.1) is 5.82 Å². The van der Waals surface area contributed by atoms with Crippen molar-refractivity contribution in [3.8, 4) is 0 Å². The van der Waals surface area contributed by atoms with E-state index in [2.05, 4.69) is 25.8 Å². The van der Waals surface area contributed by atoms with Gasteiger partial charge in [-0.3, -0.25) is 4.99 Å². The van der Waals surface area contributed by atoms with Crippen LogP contribution >= 0.6 is 27.3 Å². The summed E-state index contributed by atoms with van der Waals surface area (Å²) in [4.78, 5) is 24.2. The summed E-state index contributed by atoms with van der Waals surface area (Å²) in [5.41, 5.74) is 2.18. The minimum atomic E-state index is -0.567. The molecular weight excluding hydrogens is 433 g/mol. The average molecular weight is 450 g/mol. The summed E-state index contributed by atoms with van der Waals surface area (Å²) in [7, 11) is 0. The first-order valence-corrected chi connectivity index (χ1v) is 10.4. The monoisotopic (exact) mass is 449 g/mol. The van der Waals surface area contributed by atoms with Crippen molar-refractivity contribution < 1.29 is 13.9 Å². The smallest absolute Gasteiger partial charge is 0.338 e. The lowest BCUT2D eigenvalue weighted by Crippen LogP contribution is -2.35. The molecule has 4 rings (SSSR count). The van der Waals surface area contributed by atoms with E-state index in [1.165, 1.54) is 23.5 Å². The molecule has 8 heteroatoms. The summed E-state index contributed by atoms with van der Waals surface area (Å²) in [5, 5.41) is 2.71. The first kappa shape index (κ1) is 18.3. The number of rotatable bonds is 4. The Hall–Kier alpha value is -2.06. The fourth-order valence-corrected chi connectivity index (χ4v) is 4.70. The van der Waals surface area contributed by atoms with Crippen molar-refractivity contribution in [2.45, 2.75) is 25.8 Å². The van der Waals surface area contributed by atoms with Crippen molar-refractivity contribution >= 4 is 39.1 Å². The molecule has 0 spiro atoms. The number of esters is 1. The van der Waals surface area contributed by atoms with E-state index < -0.39 is 6.04 Å². The highest BCUT2D eigenvalue weighted by molar-refractivity contribution is 9.10. The number of amidine groups is 1. The van der Waals surface area contributed by atoms with Crippen LogP contribution in [-0.4, -0.2) is 34.8 Å². The van der Waals surface area contributed by atoms with Crippen LogP contribution in [0.15, 0.2) is 50.5 Å². The molecule has 0 bridgehead atoms. The first-order valence-electron chi connectivity index (χ1n) is 8.70. The van der Waals surface area contributed by atoms with E-state index in [0.717, 1.165) is 41.5 Å². The summed E-state index contributed by atoms with van der Waals surface area (Å²) in [6, 6.07) is 3.87. The van der Waals surface area contributed by atoms with Crippen LogP contribution in [0.5, 0.6) is 0 Å². The van der Waals surface area contributed by atoms with Gasteiger partial charge in [0.1, 0.15) is 11.9 Å². The summed E-state index contributed by atoms with van der Waals surface area (Å²) in [6.45, 7) is 2.86. The Morgan fingerprint density at radius 2 is 2.33 bits per heavy atom. The number of allylic oxidation sites excluding steroid dienone is 1. The van der Waals surface area contributed by atoms with Gasteiger partial charge in [0, 0.05) is 28.3 Å². The predicted molar refractivity (Wildman–Crippen MR) is 105 cm³/mol. The number of fused-ring (bicyclic) bond motifs is 1. The molecule has 27 heavy (non-hydrogen) atoms. The SMILES string of the molecule is CCOC(=O)C1=C2CCCN2C(c2nccs2)=NC1c1ccc(F)cc1Br. The van der Waals surface area contributed by atoms with Crippen LogP contribution in [0.2, 0.25) is 0 Å². The predicted octanol–water partition coefficient (Wildman–Crippen LogP) is 4.46. The zero-order valence-corrected chi connectivity index (χ0v) is 17.0. The molecule has 0 saturated carbocycles. The van der Waals surface area contributed by atoms with Crippen molar-refractivity contribution in [3.63, 3.8) is 0 Å². The Kier molecular flexibility index (Phi) is 5.10. The molecule has 5 nitrogen and oxygen atoms in total. The largest absolute Gasteiger partial charge is 0.463 e. The number of hydrogen-bond donors (Lipinski definition) is 0. The number of aliphatic imine (C=N–C) groups is 1. The van der Waals surface area contributed by atoms with Gasteiger partial charge in [-0.25, -0.2) is 14.2 Å². The second kappa shape index (κ2) is 7.52. The average Bonchev–Trinajstić information content (AvgIpc) is 3.32. The third-order valence-electron chi connectivity index (χ3n) is 4.59. The van der Waals surface area contributed by atoms with Crippen LogP contribution in [0.1, 0.15) is 36.4 Å². The number of ether oxygens (including phenoxy) is 1. The molecular formula is C19H17BrFN3O2S. The first-order chi connectivity index (χ1) is 13.1. The van der Waals surface area contributed by atoms with E-state index in [1.54, 1.807) is 19.2 Å². The molecule has 0 N–H and O–H groups in total.